The highest BCUT2D eigenvalue weighted by Crippen LogP contribution is 2.18. The van der Waals surface area contributed by atoms with E-state index in [2.05, 4.69) is 21.9 Å². The number of hydrogen-bond acceptors (Lipinski definition) is 4. The van der Waals surface area contributed by atoms with E-state index in [1.54, 1.807) is 52.0 Å². The van der Waals surface area contributed by atoms with Gasteiger partial charge in [-0.3, -0.25) is 14.6 Å². The van der Waals surface area contributed by atoms with Crippen LogP contribution in [-0.2, 0) is 4.79 Å². The van der Waals surface area contributed by atoms with Crippen LogP contribution in [0.4, 0.5) is 0 Å². The van der Waals surface area contributed by atoms with Gasteiger partial charge in [0, 0.05) is 16.7 Å². The molecule has 5 nitrogen and oxygen atoms in total. The van der Waals surface area contributed by atoms with E-state index in [1.165, 1.54) is 6.20 Å². The van der Waals surface area contributed by atoms with Crippen molar-refractivity contribution in [2.24, 2.45) is 5.41 Å². The van der Waals surface area contributed by atoms with Crippen LogP contribution < -0.4 is 5.32 Å². The standard InChI is InChI=1S/C19H20ClN3O2/c1-11(8-12(2)22-18(25)19(3,4)5)17(24)13-6-7-14-15(9-13)23-16(20)10-21-14/h6-10H,2H2,1,3-5H3,(H,22,25). The molecule has 1 N–H and O–H groups in total. The zero-order chi connectivity index (χ0) is 18.8. The van der Waals surface area contributed by atoms with Crippen molar-refractivity contribution in [3.8, 4) is 0 Å². The number of fused-ring (bicyclic) bond motifs is 1. The van der Waals surface area contributed by atoms with Crippen LogP contribution in [0.1, 0.15) is 38.1 Å². The Morgan fingerprint density at radius 3 is 2.56 bits per heavy atom. The molecule has 0 bridgehead atoms. The lowest BCUT2D eigenvalue weighted by molar-refractivity contribution is -0.127. The normalized spacial score (nSPS) is 12.1. The molecule has 0 aliphatic rings. The van der Waals surface area contributed by atoms with Gasteiger partial charge in [-0.15, -0.1) is 0 Å². The van der Waals surface area contributed by atoms with Gasteiger partial charge in [-0.2, -0.15) is 0 Å². The predicted octanol–water partition coefficient (Wildman–Crippen LogP) is 4.09. The van der Waals surface area contributed by atoms with Gasteiger partial charge in [0.25, 0.3) is 0 Å². The molecule has 0 saturated carbocycles. The van der Waals surface area contributed by atoms with Crippen LogP contribution in [0.25, 0.3) is 11.0 Å². The molecule has 2 rings (SSSR count). The maximum absolute atomic E-state index is 12.6. The molecule has 0 radical (unpaired) electrons. The molecule has 1 heterocycles. The maximum Gasteiger partial charge on any atom is 0.229 e. The molecule has 0 atom stereocenters. The third kappa shape index (κ3) is 4.73. The molecule has 0 fully saturated rings. The fraction of sp³-hybridized carbons (Fsp3) is 0.263. The number of ketones is 1. The van der Waals surface area contributed by atoms with E-state index >= 15 is 0 Å². The Kier molecular flexibility index (Phi) is 5.38. The molecule has 0 spiro atoms. The molecular formula is C19H20ClN3O2. The SMILES string of the molecule is C=C(C=C(C)C(=O)c1ccc2ncc(Cl)nc2c1)NC(=O)C(C)(C)C. The molecule has 0 unspecified atom stereocenters. The topological polar surface area (TPSA) is 72.0 Å². The van der Waals surface area contributed by atoms with Gasteiger partial charge in [-0.25, -0.2) is 4.98 Å². The average Bonchev–Trinajstić information content (AvgIpc) is 2.52. The number of hydrogen-bond donors (Lipinski definition) is 1. The van der Waals surface area contributed by atoms with E-state index in [9.17, 15) is 9.59 Å². The fourth-order valence-corrected chi connectivity index (χ4v) is 2.19. The third-order valence-corrected chi connectivity index (χ3v) is 3.66. The van der Waals surface area contributed by atoms with Crippen LogP contribution in [0, 0.1) is 5.41 Å². The summed E-state index contributed by atoms with van der Waals surface area (Å²) < 4.78 is 0. The van der Waals surface area contributed by atoms with Crippen LogP contribution in [0.2, 0.25) is 5.15 Å². The summed E-state index contributed by atoms with van der Waals surface area (Å²) in [6.07, 6.45) is 3.01. The van der Waals surface area contributed by atoms with Crippen molar-refractivity contribution in [2.75, 3.05) is 0 Å². The van der Waals surface area contributed by atoms with Gasteiger partial charge >= 0.3 is 0 Å². The third-order valence-electron chi connectivity index (χ3n) is 3.48. The van der Waals surface area contributed by atoms with Gasteiger partial charge in [0.15, 0.2) is 5.78 Å². The van der Waals surface area contributed by atoms with Crippen LogP contribution in [0.5, 0.6) is 0 Å². The fourth-order valence-electron chi connectivity index (χ4n) is 2.05. The number of nitrogens with zero attached hydrogens (tertiary/aromatic N) is 2. The average molecular weight is 358 g/mol. The zero-order valence-corrected chi connectivity index (χ0v) is 15.4. The Labute approximate surface area is 151 Å². The summed E-state index contributed by atoms with van der Waals surface area (Å²) in [5, 5.41) is 2.96. The lowest BCUT2D eigenvalue weighted by Crippen LogP contribution is -2.33. The first-order valence-electron chi connectivity index (χ1n) is 7.73. The largest absolute Gasteiger partial charge is 0.326 e. The maximum atomic E-state index is 12.6. The van der Waals surface area contributed by atoms with E-state index in [0.29, 0.717) is 27.9 Å². The molecule has 0 aliphatic carbocycles. The minimum Gasteiger partial charge on any atom is -0.326 e. The second kappa shape index (κ2) is 7.15. The monoisotopic (exact) mass is 357 g/mol. The molecule has 6 heteroatoms. The summed E-state index contributed by atoms with van der Waals surface area (Å²) in [6, 6.07) is 5.04. The first-order chi connectivity index (χ1) is 11.6. The highest BCUT2D eigenvalue weighted by Gasteiger charge is 2.21. The Morgan fingerprint density at radius 1 is 1.24 bits per heavy atom. The number of amides is 1. The zero-order valence-electron chi connectivity index (χ0n) is 14.7. The number of aromatic nitrogens is 2. The molecule has 1 aromatic carbocycles. The molecule has 1 aromatic heterocycles. The molecule has 0 saturated heterocycles. The van der Waals surface area contributed by atoms with E-state index < -0.39 is 5.41 Å². The molecule has 130 valence electrons. The van der Waals surface area contributed by atoms with Crippen LogP contribution in [0.15, 0.2) is 48.3 Å². The minimum absolute atomic E-state index is 0.162. The first-order valence-corrected chi connectivity index (χ1v) is 8.11. The van der Waals surface area contributed by atoms with Gasteiger partial charge in [0.1, 0.15) is 5.15 Å². The van der Waals surface area contributed by atoms with Gasteiger partial charge in [0.05, 0.1) is 17.2 Å². The van der Waals surface area contributed by atoms with Gasteiger partial charge in [0.2, 0.25) is 5.91 Å². The molecule has 2 aromatic rings. The summed E-state index contributed by atoms with van der Waals surface area (Å²) in [4.78, 5) is 32.9. The van der Waals surface area contributed by atoms with Gasteiger partial charge in [-0.05, 0) is 36.8 Å². The van der Waals surface area contributed by atoms with Crippen LogP contribution >= 0.6 is 11.6 Å². The Hall–Kier alpha value is -2.53. The van der Waals surface area contributed by atoms with Crippen LogP contribution in [-0.4, -0.2) is 21.7 Å². The van der Waals surface area contributed by atoms with E-state index in [-0.39, 0.29) is 16.8 Å². The number of carbonyl (C=O) groups is 2. The second-order valence-corrected chi connectivity index (χ2v) is 7.17. The van der Waals surface area contributed by atoms with Gasteiger partial charge < -0.3 is 5.32 Å². The van der Waals surface area contributed by atoms with Gasteiger partial charge in [-0.1, -0.05) is 39.0 Å². The minimum atomic E-state index is -0.537. The van der Waals surface area contributed by atoms with Crippen molar-refractivity contribution >= 4 is 34.3 Å². The van der Waals surface area contributed by atoms with E-state index in [4.69, 9.17) is 11.6 Å². The number of carbonyl (C=O) groups excluding carboxylic acids is 2. The number of Topliss-reactive ketones (excluding diaryl/α,β-unsaturated/α-hetero) is 1. The predicted molar refractivity (Wildman–Crippen MR) is 99.4 cm³/mol. The molecule has 1 amide bonds. The number of rotatable bonds is 4. The summed E-state index contributed by atoms with van der Waals surface area (Å²) in [5.74, 6) is -0.348. The van der Waals surface area contributed by atoms with E-state index in [1.807, 2.05) is 0 Å². The van der Waals surface area contributed by atoms with Crippen molar-refractivity contribution < 1.29 is 9.59 Å². The summed E-state index contributed by atoms with van der Waals surface area (Å²) in [6.45, 7) is 10.9. The lowest BCUT2D eigenvalue weighted by atomic mass is 9.95. The summed E-state index contributed by atoms with van der Waals surface area (Å²) in [7, 11) is 0. The first kappa shape index (κ1) is 18.8. The summed E-state index contributed by atoms with van der Waals surface area (Å²) >= 11 is 5.85. The number of allylic oxidation sites excluding steroid dienone is 2. The highest BCUT2D eigenvalue weighted by molar-refractivity contribution is 6.29. The van der Waals surface area contributed by atoms with Crippen molar-refractivity contribution in [1.82, 2.24) is 15.3 Å². The van der Waals surface area contributed by atoms with Crippen molar-refractivity contribution in [3.63, 3.8) is 0 Å². The Balaban J connectivity index is 2.21. The summed E-state index contributed by atoms with van der Waals surface area (Å²) in [5.41, 5.74) is 1.96. The van der Waals surface area contributed by atoms with Crippen LogP contribution in [0.3, 0.4) is 0 Å². The highest BCUT2D eigenvalue weighted by atomic mass is 35.5. The smallest absolute Gasteiger partial charge is 0.229 e. The van der Waals surface area contributed by atoms with Crippen molar-refractivity contribution in [1.29, 1.82) is 0 Å². The van der Waals surface area contributed by atoms with E-state index in [0.717, 1.165) is 0 Å². The van der Waals surface area contributed by atoms with Crippen molar-refractivity contribution in [3.05, 3.63) is 59.0 Å². The molecular weight excluding hydrogens is 338 g/mol. The number of benzene rings is 1. The molecule has 0 aliphatic heterocycles. The number of halogens is 1. The Bertz CT molecular complexity index is 895. The Morgan fingerprint density at radius 2 is 1.92 bits per heavy atom. The molecule has 25 heavy (non-hydrogen) atoms. The second-order valence-electron chi connectivity index (χ2n) is 6.78. The van der Waals surface area contributed by atoms with Crippen molar-refractivity contribution in [2.45, 2.75) is 27.7 Å². The lowest BCUT2D eigenvalue weighted by Gasteiger charge is -2.17. The number of nitrogens with one attached hydrogen (secondary N) is 1. The quantitative estimate of drug-likeness (QED) is 0.508.